The molecule has 0 fully saturated rings. The van der Waals surface area contributed by atoms with Gasteiger partial charge < -0.3 is 9.88 Å². The van der Waals surface area contributed by atoms with Gasteiger partial charge in [-0.3, -0.25) is 14.9 Å². The molecule has 1 rings (SSSR count). The zero-order valence-electron chi connectivity index (χ0n) is 8.77. The van der Waals surface area contributed by atoms with E-state index in [2.05, 4.69) is 10.9 Å². The number of nitrogens with zero attached hydrogens (tertiary/aromatic N) is 2. The maximum atomic E-state index is 11.8. The fourth-order valence-corrected chi connectivity index (χ4v) is 1.22. The maximum Gasteiger partial charge on any atom is 0.287 e. The minimum Gasteiger partial charge on any atom is -0.351 e. The molecule has 84 valence electrons. The minimum absolute atomic E-state index is 0.139. The largest absolute Gasteiger partial charge is 0.351 e. The molecule has 0 aliphatic heterocycles. The summed E-state index contributed by atoms with van der Waals surface area (Å²) < 4.78 is 0. The van der Waals surface area contributed by atoms with Gasteiger partial charge in [0.2, 0.25) is 0 Å². The van der Waals surface area contributed by atoms with Crippen LogP contribution in [-0.4, -0.2) is 33.8 Å². The molecule has 0 atom stereocenters. The molecule has 0 aromatic carbocycles. The zero-order chi connectivity index (χ0) is 12.1. The smallest absolute Gasteiger partial charge is 0.287 e. The van der Waals surface area contributed by atoms with Crippen molar-refractivity contribution in [3.05, 3.63) is 28.1 Å². The molecular formula is C10H11N3O3. The lowest BCUT2D eigenvalue weighted by Crippen LogP contribution is -2.31. The Labute approximate surface area is 92.4 Å². The molecule has 0 unspecified atom stereocenters. The van der Waals surface area contributed by atoms with E-state index < -0.39 is 4.92 Å². The Bertz CT molecular complexity index is 444. The first-order valence-corrected chi connectivity index (χ1v) is 4.65. The van der Waals surface area contributed by atoms with Gasteiger partial charge in [0, 0.05) is 12.6 Å². The number of aromatic amines is 1. The first kappa shape index (κ1) is 11.8. The van der Waals surface area contributed by atoms with Gasteiger partial charge in [-0.15, -0.1) is 6.42 Å². The Hall–Kier alpha value is -2.29. The molecule has 0 radical (unpaired) electrons. The summed E-state index contributed by atoms with van der Waals surface area (Å²) in [4.78, 5) is 25.6. The number of hydrogen-bond donors (Lipinski definition) is 1. The lowest BCUT2D eigenvalue weighted by molar-refractivity contribution is -0.384. The van der Waals surface area contributed by atoms with Gasteiger partial charge in [0.05, 0.1) is 17.7 Å². The highest BCUT2D eigenvalue weighted by Gasteiger charge is 2.18. The van der Waals surface area contributed by atoms with Crippen molar-refractivity contribution in [1.29, 1.82) is 0 Å². The van der Waals surface area contributed by atoms with Crippen LogP contribution >= 0.6 is 0 Å². The van der Waals surface area contributed by atoms with Gasteiger partial charge in [-0.1, -0.05) is 5.92 Å². The third-order valence-corrected chi connectivity index (χ3v) is 2.06. The van der Waals surface area contributed by atoms with Crippen LogP contribution in [0.25, 0.3) is 0 Å². The number of carbonyl (C=O) groups excluding carboxylic acids is 1. The van der Waals surface area contributed by atoms with Crippen molar-refractivity contribution in [2.24, 2.45) is 0 Å². The van der Waals surface area contributed by atoms with E-state index in [9.17, 15) is 14.9 Å². The molecular weight excluding hydrogens is 210 g/mol. The van der Waals surface area contributed by atoms with Crippen LogP contribution in [0.5, 0.6) is 0 Å². The molecule has 6 nitrogen and oxygen atoms in total. The average molecular weight is 221 g/mol. The second-order valence-electron chi connectivity index (χ2n) is 3.05. The van der Waals surface area contributed by atoms with Crippen molar-refractivity contribution in [1.82, 2.24) is 9.88 Å². The predicted molar refractivity (Wildman–Crippen MR) is 57.9 cm³/mol. The second-order valence-corrected chi connectivity index (χ2v) is 3.05. The third kappa shape index (κ3) is 2.39. The molecule has 0 aliphatic rings. The number of hydrogen-bond acceptors (Lipinski definition) is 3. The van der Waals surface area contributed by atoms with Crippen molar-refractivity contribution < 1.29 is 9.72 Å². The number of aromatic nitrogens is 1. The lowest BCUT2D eigenvalue weighted by Gasteiger charge is -2.16. The molecule has 1 heterocycles. The van der Waals surface area contributed by atoms with E-state index in [0.29, 0.717) is 6.54 Å². The monoisotopic (exact) mass is 221 g/mol. The first-order valence-electron chi connectivity index (χ1n) is 4.65. The summed E-state index contributed by atoms with van der Waals surface area (Å²) in [5.41, 5.74) is 0.0314. The molecule has 1 amide bonds. The zero-order valence-corrected chi connectivity index (χ0v) is 8.77. The Morgan fingerprint density at radius 1 is 1.75 bits per heavy atom. The highest BCUT2D eigenvalue weighted by Crippen LogP contribution is 2.13. The third-order valence-electron chi connectivity index (χ3n) is 2.06. The standard InChI is InChI=1S/C10H11N3O3/c1-3-5-12(4-2)10(14)9-6-8(7-11-9)13(15)16/h1,6-7,11H,4-5H2,2H3. The van der Waals surface area contributed by atoms with Crippen molar-refractivity contribution in [3.8, 4) is 12.3 Å². The van der Waals surface area contributed by atoms with Gasteiger partial charge in [-0.2, -0.15) is 0 Å². The molecule has 0 saturated carbocycles. The van der Waals surface area contributed by atoms with Crippen LogP contribution in [0.3, 0.4) is 0 Å². The Kier molecular flexibility index (Phi) is 3.67. The van der Waals surface area contributed by atoms with Gasteiger partial charge in [0.1, 0.15) is 5.69 Å². The molecule has 1 N–H and O–H groups in total. The number of rotatable bonds is 4. The van der Waals surface area contributed by atoms with E-state index in [1.807, 2.05) is 0 Å². The van der Waals surface area contributed by atoms with Crippen LogP contribution in [0.2, 0.25) is 0 Å². The summed E-state index contributed by atoms with van der Waals surface area (Å²) in [6.45, 7) is 2.42. The summed E-state index contributed by atoms with van der Waals surface area (Å²) in [5.74, 6) is 2.02. The van der Waals surface area contributed by atoms with E-state index in [0.717, 1.165) is 0 Å². The van der Waals surface area contributed by atoms with Crippen LogP contribution in [0, 0.1) is 22.5 Å². The van der Waals surface area contributed by atoms with Crippen molar-refractivity contribution >= 4 is 11.6 Å². The number of amides is 1. The predicted octanol–water partition coefficient (Wildman–Crippen LogP) is 1.02. The number of H-pyrrole nitrogens is 1. The van der Waals surface area contributed by atoms with Gasteiger partial charge in [-0.25, -0.2) is 0 Å². The molecule has 1 aromatic rings. The van der Waals surface area contributed by atoms with E-state index >= 15 is 0 Å². The molecule has 0 saturated heterocycles. The van der Waals surface area contributed by atoms with Crippen molar-refractivity contribution in [3.63, 3.8) is 0 Å². The van der Waals surface area contributed by atoms with E-state index in [1.165, 1.54) is 17.2 Å². The molecule has 0 bridgehead atoms. The molecule has 6 heteroatoms. The summed E-state index contributed by atoms with van der Waals surface area (Å²) in [5, 5.41) is 10.4. The normalized spacial score (nSPS) is 9.50. The Morgan fingerprint density at radius 3 is 2.88 bits per heavy atom. The summed E-state index contributed by atoms with van der Waals surface area (Å²) in [6.07, 6.45) is 6.29. The van der Waals surface area contributed by atoms with Crippen LogP contribution in [-0.2, 0) is 0 Å². The lowest BCUT2D eigenvalue weighted by atomic mass is 10.3. The topological polar surface area (TPSA) is 79.2 Å². The van der Waals surface area contributed by atoms with Gasteiger partial charge >= 0.3 is 0 Å². The summed E-state index contributed by atoms with van der Waals surface area (Å²) in [7, 11) is 0. The van der Waals surface area contributed by atoms with E-state index in [-0.39, 0.29) is 23.8 Å². The fourth-order valence-electron chi connectivity index (χ4n) is 1.22. The molecule has 0 spiro atoms. The highest BCUT2D eigenvalue weighted by atomic mass is 16.6. The summed E-state index contributed by atoms with van der Waals surface area (Å²) in [6, 6.07) is 1.20. The molecule has 0 aliphatic carbocycles. The Balaban J connectivity index is 2.87. The van der Waals surface area contributed by atoms with Gasteiger partial charge in [0.15, 0.2) is 0 Å². The van der Waals surface area contributed by atoms with Crippen LogP contribution < -0.4 is 0 Å². The van der Waals surface area contributed by atoms with Crippen LogP contribution in [0.1, 0.15) is 17.4 Å². The number of nitro groups is 1. The number of terminal acetylenes is 1. The van der Waals surface area contributed by atoms with Crippen LogP contribution in [0.15, 0.2) is 12.3 Å². The molecule has 1 aromatic heterocycles. The Morgan fingerprint density at radius 2 is 2.44 bits per heavy atom. The minimum atomic E-state index is -0.565. The van der Waals surface area contributed by atoms with Crippen molar-refractivity contribution in [2.75, 3.05) is 13.1 Å². The average Bonchev–Trinajstić information content (AvgIpc) is 2.74. The van der Waals surface area contributed by atoms with E-state index in [4.69, 9.17) is 6.42 Å². The van der Waals surface area contributed by atoms with Gasteiger partial charge in [-0.05, 0) is 6.92 Å². The molecule has 16 heavy (non-hydrogen) atoms. The number of carbonyl (C=O) groups is 1. The first-order chi connectivity index (χ1) is 7.60. The van der Waals surface area contributed by atoms with E-state index in [1.54, 1.807) is 6.92 Å². The van der Waals surface area contributed by atoms with Crippen LogP contribution in [0.4, 0.5) is 5.69 Å². The second kappa shape index (κ2) is 4.98. The highest BCUT2D eigenvalue weighted by molar-refractivity contribution is 5.93. The fraction of sp³-hybridized carbons (Fsp3) is 0.300. The SMILES string of the molecule is C#CCN(CC)C(=O)c1cc([N+](=O)[O-])c[nH]1. The maximum absolute atomic E-state index is 11.8. The van der Waals surface area contributed by atoms with Gasteiger partial charge in [0.25, 0.3) is 11.6 Å². The van der Waals surface area contributed by atoms with Crippen molar-refractivity contribution in [2.45, 2.75) is 6.92 Å². The quantitative estimate of drug-likeness (QED) is 0.468. The summed E-state index contributed by atoms with van der Waals surface area (Å²) >= 11 is 0. The number of nitrogens with one attached hydrogen (secondary N) is 1.